The van der Waals surface area contributed by atoms with Gasteiger partial charge < -0.3 is 5.73 Å². The number of alkyl halides is 3. The third kappa shape index (κ3) is 1.82. The van der Waals surface area contributed by atoms with Crippen LogP contribution >= 0.6 is 0 Å². The second-order valence-corrected chi connectivity index (χ2v) is 5.22. The van der Waals surface area contributed by atoms with E-state index in [1.54, 1.807) is 0 Å². The summed E-state index contributed by atoms with van der Waals surface area (Å²) in [4.78, 5) is 0. The van der Waals surface area contributed by atoms with E-state index in [1.807, 2.05) is 13.8 Å². The first-order chi connectivity index (χ1) is 7.58. The van der Waals surface area contributed by atoms with Crippen LogP contribution in [0.5, 0.6) is 0 Å². The summed E-state index contributed by atoms with van der Waals surface area (Å²) >= 11 is 0. The molecule has 0 heterocycles. The monoisotopic (exact) mass is 247 g/mol. The quantitative estimate of drug-likeness (QED) is 0.756. The molecular weight excluding hydrogens is 234 g/mol. The van der Waals surface area contributed by atoms with Crippen LogP contribution in [-0.4, -0.2) is 0 Å². The van der Waals surface area contributed by atoms with E-state index in [0.717, 1.165) is 12.1 Å². The maximum absolute atomic E-state index is 13.4. The van der Waals surface area contributed by atoms with Gasteiger partial charge in [-0.05, 0) is 29.5 Å². The van der Waals surface area contributed by atoms with E-state index < -0.39 is 23.1 Å². The molecule has 0 bridgehead atoms. The minimum absolute atomic E-state index is 0.195. The van der Waals surface area contributed by atoms with Gasteiger partial charge in [-0.2, -0.15) is 13.2 Å². The topological polar surface area (TPSA) is 26.0 Å². The Labute approximate surface area is 96.6 Å². The fourth-order valence-electron chi connectivity index (χ4n) is 2.17. The van der Waals surface area contributed by atoms with Crippen LogP contribution in [0, 0.1) is 11.2 Å². The van der Waals surface area contributed by atoms with Gasteiger partial charge in [0.1, 0.15) is 5.82 Å². The Balaban J connectivity index is 2.40. The zero-order valence-corrected chi connectivity index (χ0v) is 9.53. The van der Waals surface area contributed by atoms with E-state index >= 15 is 0 Å². The van der Waals surface area contributed by atoms with Crippen molar-refractivity contribution in [3.05, 3.63) is 35.1 Å². The fraction of sp³-hybridized carbons (Fsp3) is 0.500. The van der Waals surface area contributed by atoms with E-state index in [4.69, 9.17) is 5.73 Å². The fourth-order valence-corrected chi connectivity index (χ4v) is 2.17. The van der Waals surface area contributed by atoms with Crippen LogP contribution in [0.2, 0.25) is 0 Å². The van der Waals surface area contributed by atoms with Crippen molar-refractivity contribution in [2.24, 2.45) is 11.1 Å². The zero-order chi connectivity index (χ0) is 13.1. The molecule has 1 aliphatic carbocycles. The summed E-state index contributed by atoms with van der Waals surface area (Å²) in [6.45, 7) is 3.81. The highest BCUT2D eigenvalue weighted by Gasteiger charge is 2.59. The summed E-state index contributed by atoms with van der Waals surface area (Å²) in [6, 6.07) is 2.92. The maximum atomic E-state index is 13.4. The molecule has 0 spiro atoms. The Hall–Kier alpha value is -1.10. The molecule has 1 aromatic rings. The van der Waals surface area contributed by atoms with Gasteiger partial charge in [-0.3, -0.25) is 0 Å². The van der Waals surface area contributed by atoms with Gasteiger partial charge in [0, 0.05) is 5.54 Å². The Morgan fingerprint density at radius 3 is 2.12 bits per heavy atom. The second kappa shape index (κ2) is 3.22. The Morgan fingerprint density at radius 2 is 1.76 bits per heavy atom. The molecule has 1 saturated carbocycles. The normalized spacial score (nSPS) is 27.0. The van der Waals surface area contributed by atoms with E-state index in [0.29, 0.717) is 12.0 Å². The van der Waals surface area contributed by atoms with Crippen LogP contribution in [0.25, 0.3) is 0 Å². The van der Waals surface area contributed by atoms with Gasteiger partial charge in [-0.15, -0.1) is 0 Å². The Morgan fingerprint density at radius 1 is 1.24 bits per heavy atom. The number of rotatable bonds is 1. The molecule has 2 rings (SSSR count). The van der Waals surface area contributed by atoms with Gasteiger partial charge >= 0.3 is 6.18 Å². The van der Waals surface area contributed by atoms with Gasteiger partial charge in [-0.1, -0.05) is 19.9 Å². The largest absolute Gasteiger partial charge is 0.419 e. The highest BCUT2D eigenvalue weighted by Crippen LogP contribution is 2.60. The summed E-state index contributed by atoms with van der Waals surface area (Å²) in [6.07, 6.45) is -4.02. The molecule has 94 valence electrons. The van der Waals surface area contributed by atoms with Crippen molar-refractivity contribution in [3.8, 4) is 0 Å². The molecular formula is C12H13F4N. The van der Waals surface area contributed by atoms with Gasteiger partial charge in [0.2, 0.25) is 0 Å². The summed E-state index contributed by atoms with van der Waals surface area (Å²) < 4.78 is 50.5. The van der Waals surface area contributed by atoms with Crippen molar-refractivity contribution in [1.29, 1.82) is 0 Å². The lowest BCUT2D eigenvalue weighted by Gasteiger charge is -2.17. The molecule has 0 saturated heterocycles. The smallest absolute Gasteiger partial charge is 0.321 e. The number of halogens is 4. The molecule has 0 aliphatic heterocycles. The molecule has 0 aromatic heterocycles. The lowest BCUT2D eigenvalue weighted by Crippen LogP contribution is -2.26. The predicted molar refractivity (Wildman–Crippen MR) is 55.7 cm³/mol. The average Bonchev–Trinajstić information content (AvgIpc) is 2.65. The number of benzene rings is 1. The number of hydrogen-bond acceptors (Lipinski definition) is 1. The summed E-state index contributed by atoms with van der Waals surface area (Å²) in [5.74, 6) is -1.26. The lowest BCUT2D eigenvalue weighted by molar-refractivity contribution is -0.140. The Kier molecular flexibility index (Phi) is 2.34. The van der Waals surface area contributed by atoms with Gasteiger partial charge in [-0.25, -0.2) is 4.39 Å². The molecule has 2 N–H and O–H groups in total. The van der Waals surface area contributed by atoms with Crippen molar-refractivity contribution in [3.63, 3.8) is 0 Å². The lowest BCUT2D eigenvalue weighted by atomic mass is 9.96. The standard InChI is InChI=1S/C12H13F4N/c1-10(2)6-11(10,17)7-3-4-8(9(13)5-7)12(14,15)16/h3-5H,6,17H2,1-2H3. The van der Waals surface area contributed by atoms with Gasteiger partial charge in [0.25, 0.3) is 0 Å². The minimum Gasteiger partial charge on any atom is -0.321 e. The second-order valence-electron chi connectivity index (χ2n) is 5.22. The van der Waals surface area contributed by atoms with Crippen LogP contribution < -0.4 is 5.73 Å². The van der Waals surface area contributed by atoms with Gasteiger partial charge in [0.15, 0.2) is 0 Å². The first-order valence-corrected chi connectivity index (χ1v) is 5.24. The maximum Gasteiger partial charge on any atom is 0.419 e. The van der Waals surface area contributed by atoms with Crippen LogP contribution in [0.1, 0.15) is 31.4 Å². The zero-order valence-electron chi connectivity index (χ0n) is 9.53. The van der Waals surface area contributed by atoms with Crippen LogP contribution in [0.15, 0.2) is 18.2 Å². The highest BCUT2D eigenvalue weighted by molar-refractivity contribution is 5.38. The molecule has 0 radical (unpaired) electrons. The molecule has 1 unspecified atom stereocenters. The van der Waals surface area contributed by atoms with Gasteiger partial charge in [0.05, 0.1) is 5.56 Å². The average molecular weight is 247 g/mol. The SMILES string of the molecule is CC1(C)CC1(N)c1ccc(C(F)(F)F)c(F)c1. The molecule has 5 heteroatoms. The van der Waals surface area contributed by atoms with E-state index in [-0.39, 0.29) is 5.41 Å². The van der Waals surface area contributed by atoms with Crippen molar-refractivity contribution in [1.82, 2.24) is 0 Å². The number of nitrogens with two attached hydrogens (primary N) is 1. The molecule has 1 aromatic carbocycles. The number of hydrogen-bond donors (Lipinski definition) is 1. The third-order valence-corrected chi connectivity index (χ3v) is 3.59. The predicted octanol–water partition coefficient (Wildman–Crippen LogP) is 3.43. The first-order valence-electron chi connectivity index (χ1n) is 5.24. The van der Waals surface area contributed by atoms with Crippen molar-refractivity contribution in [2.75, 3.05) is 0 Å². The summed E-state index contributed by atoms with van der Waals surface area (Å²) in [5.41, 5.74) is 4.30. The molecule has 1 atom stereocenters. The molecule has 1 aliphatic rings. The first kappa shape index (κ1) is 12.4. The van der Waals surface area contributed by atoms with Crippen molar-refractivity contribution >= 4 is 0 Å². The van der Waals surface area contributed by atoms with Crippen LogP contribution in [0.4, 0.5) is 17.6 Å². The van der Waals surface area contributed by atoms with E-state index in [9.17, 15) is 17.6 Å². The minimum atomic E-state index is -4.66. The summed E-state index contributed by atoms with van der Waals surface area (Å²) in [7, 11) is 0. The molecule has 1 fully saturated rings. The van der Waals surface area contributed by atoms with E-state index in [2.05, 4.69) is 0 Å². The third-order valence-electron chi connectivity index (χ3n) is 3.59. The Bertz CT molecular complexity index is 464. The molecule has 1 nitrogen and oxygen atoms in total. The van der Waals surface area contributed by atoms with Crippen LogP contribution in [0.3, 0.4) is 0 Å². The van der Waals surface area contributed by atoms with Crippen molar-refractivity contribution in [2.45, 2.75) is 32.0 Å². The van der Waals surface area contributed by atoms with E-state index in [1.165, 1.54) is 6.07 Å². The molecule has 17 heavy (non-hydrogen) atoms. The molecule has 0 amide bonds. The highest BCUT2D eigenvalue weighted by atomic mass is 19.4. The van der Waals surface area contributed by atoms with Crippen LogP contribution in [-0.2, 0) is 11.7 Å². The summed E-state index contributed by atoms with van der Waals surface area (Å²) in [5, 5.41) is 0. The van der Waals surface area contributed by atoms with Crippen molar-refractivity contribution < 1.29 is 17.6 Å².